The average Bonchev–Trinajstić information content (AvgIpc) is 3.22. The molecule has 2 amide bonds. The topological polar surface area (TPSA) is 61.4 Å². The highest BCUT2D eigenvalue weighted by Crippen LogP contribution is 2.30. The van der Waals surface area contributed by atoms with E-state index in [1.54, 1.807) is 12.1 Å². The molecular weight excluding hydrogens is 395 g/mol. The fourth-order valence-electron chi connectivity index (χ4n) is 3.62. The fraction of sp³-hybridized carbons (Fsp3) is 0.364. The van der Waals surface area contributed by atoms with E-state index in [9.17, 15) is 22.8 Å². The van der Waals surface area contributed by atoms with Gasteiger partial charge in [0.1, 0.15) is 0 Å². The van der Waals surface area contributed by atoms with Crippen LogP contribution < -0.4 is 10.6 Å². The first-order valence-electron chi connectivity index (χ1n) is 9.81. The van der Waals surface area contributed by atoms with E-state index in [0.29, 0.717) is 11.7 Å². The predicted octanol–water partition coefficient (Wildman–Crippen LogP) is 4.77. The first-order valence-corrected chi connectivity index (χ1v) is 9.81. The van der Waals surface area contributed by atoms with Crippen molar-refractivity contribution in [2.45, 2.75) is 37.9 Å². The average molecular weight is 419 g/mol. The van der Waals surface area contributed by atoms with Gasteiger partial charge in [-0.1, -0.05) is 25.0 Å². The minimum absolute atomic E-state index is 0.0439. The first kappa shape index (κ1) is 21.8. The summed E-state index contributed by atoms with van der Waals surface area (Å²) in [7, 11) is 1.93. The van der Waals surface area contributed by atoms with Gasteiger partial charge < -0.3 is 10.6 Å². The molecule has 0 unspecified atom stereocenters. The third-order valence-electron chi connectivity index (χ3n) is 5.20. The maximum absolute atomic E-state index is 12.8. The number of halogens is 3. The molecule has 1 saturated carbocycles. The predicted molar refractivity (Wildman–Crippen MR) is 109 cm³/mol. The number of carbonyl (C=O) groups excluding carboxylic acids is 2. The number of alkyl halides is 3. The smallest absolute Gasteiger partial charge is 0.325 e. The lowest BCUT2D eigenvalue weighted by Crippen LogP contribution is -2.36. The zero-order valence-electron chi connectivity index (χ0n) is 16.6. The van der Waals surface area contributed by atoms with Crippen LogP contribution in [-0.2, 0) is 11.0 Å². The summed E-state index contributed by atoms with van der Waals surface area (Å²) in [6, 6.07) is 11.1. The molecule has 160 valence electrons. The molecule has 0 radical (unpaired) electrons. The van der Waals surface area contributed by atoms with Gasteiger partial charge in [0, 0.05) is 23.0 Å². The summed E-state index contributed by atoms with van der Waals surface area (Å²) in [5.41, 5.74) is -0.110. The summed E-state index contributed by atoms with van der Waals surface area (Å²) in [5.74, 6) is -0.742. The number of amides is 2. The van der Waals surface area contributed by atoms with Gasteiger partial charge in [0.2, 0.25) is 5.91 Å². The second-order valence-electron chi connectivity index (χ2n) is 7.52. The van der Waals surface area contributed by atoms with Gasteiger partial charge in [-0.3, -0.25) is 14.5 Å². The van der Waals surface area contributed by atoms with Crippen molar-refractivity contribution >= 4 is 23.2 Å². The number of nitrogens with one attached hydrogen (secondary N) is 2. The van der Waals surface area contributed by atoms with Gasteiger partial charge in [0.05, 0.1) is 12.1 Å². The lowest BCUT2D eigenvalue weighted by atomic mass is 10.1. The van der Waals surface area contributed by atoms with Gasteiger partial charge in [0.25, 0.3) is 5.91 Å². The van der Waals surface area contributed by atoms with Crippen molar-refractivity contribution in [3.8, 4) is 0 Å². The monoisotopic (exact) mass is 419 g/mol. The summed E-state index contributed by atoms with van der Waals surface area (Å²) >= 11 is 0. The molecule has 0 heterocycles. The molecule has 2 aromatic carbocycles. The molecule has 0 spiro atoms. The quantitative estimate of drug-likeness (QED) is 0.709. The third-order valence-corrected chi connectivity index (χ3v) is 5.20. The molecule has 2 aromatic rings. The standard InChI is InChI=1S/C22H24F3N3O2/c1-28(19-10-2-3-11-19)14-20(29)26-17-8-4-6-15(12-17)21(30)27-18-9-5-7-16(13-18)22(23,24)25/h4-9,12-13,19H,2-3,10-11,14H2,1H3,(H,26,29)(H,27,30). The van der Waals surface area contributed by atoms with Crippen LogP contribution in [-0.4, -0.2) is 36.3 Å². The van der Waals surface area contributed by atoms with E-state index < -0.39 is 17.6 Å². The fourth-order valence-corrected chi connectivity index (χ4v) is 3.62. The lowest BCUT2D eigenvalue weighted by molar-refractivity contribution is -0.137. The van der Waals surface area contributed by atoms with Crippen molar-refractivity contribution in [2.24, 2.45) is 0 Å². The molecule has 2 N–H and O–H groups in total. The molecule has 0 aromatic heterocycles. The van der Waals surface area contributed by atoms with Crippen LogP contribution in [0, 0.1) is 0 Å². The summed E-state index contributed by atoms with van der Waals surface area (Å²) in [6.07, 6.45) is 0.0554. The van der Waals surface area contributed by atoms with E-state index >= 15 is 0 Å². The van der Waals surface area contributed by atoms with Crippen molar-refractivity contribution in [1.82, 2.24) is 4.90 Å². The Balaban J connectivity index is 1.62. The summed E-state index contributed by atoms with van der Waals surface area (Å²) in [4.78, 5) is 26.8. The number of anilines is 2. The number of likely N-dealkylation sites (N-methyl/N-ethyl adjacent to an activating group) is 1. The van der Waals surface area contributed by atoms with Crippen LogP contribution >= 0.6 is 0 Å². The minimum Gasteiger partial charge on any atom is -0.325 e. The highest BCUT2D eigenvalue weighted by Gasteiger charge is 2.30. The molecule has 1 aliphatic rings. The van der Waals surface area contributed by atoms with E-state index in [-0.39, 0.29) is 23.7 Å². The van der Waals surface area contributed by atoms with Crippen molar-refractivity contribution in [2.75, 3.05) is 24.2 Å². The van der Waals surface area contributed by atoms with E-state index in [0.717, 1.165) is 25.0 Å². The van der Waals surface area contributed by atoms with Crippen molar-refractivity contribution in [3.05, 3.63) is 59.7 Å². The SMILES string of the molecule is CN(CC(=O)Nc1cccc(C(=O)Nc2cccc(C(F)(F)F)c2)c1)C1CCCC1. The normalized spacial score (nSPS) is 14.7. The first-order chi connectivity index (χ1) is 14.2. The van der Waals surface area contributed by atoms with Gasteiger partial charge in [-0.25, -0.2) is 0 Å². The van der Waals surface area contributed by atoms with Gasteiger partial charge in [-0.2, -0.15) is 13.2 Å². The Bertz CT molecular complexity index is 908. The Kier molecular flexibility index (Phi) is 6.77. The summed E-state index contributed by atoms with van der Waals surface area (Å²) < 4.78 is 38.5. The molecule has 1 fully saturated rings. The van der Waals surface area contributed by atoms with Crippen molar-refractivity contribution < 1.29 is 22.8 Å². The van der Waals surface area contributed by atoms with E-state index in [1.807, 2.05) is 11.9 Å². The number of carbonyl (C=O) groups is 2. The number of hydrogen-bond donors (Lipinski definition) is 2. The molecule has 30 heavy (non-hydrogen) atoms. The Morgan fingerprint density at radius 1 is 1.00 bits per heavy atom. The van der Waals surface area contributed by atoms with E-state index in [2.05, 4.69) is 10.6 Å². The zero-order chi connectivity index (χ0) is 21.7. The van der Waals surface area contributed by atoms with Crippen LogP contribution in [0.1, 0.15) is 41.6 Å². The van der Waals surface area contributed by atoms with Crippen LogP contribution in [0.15, 0.2) is 48.5 Å². The molecule has 0 atom stereocenters. The summed E-state index contributed by atoms with van der Waals surface area (Å²) in [5, 5.41) is 5.24. The zero-order valence-corrected chi connectivity index (χ0v) is 16.6. The van der Waals surface area contributed by atoms with E-state index in [4.69, 9.17) is 0 Å². The van der Waals surface area contributed by atoms with Crippen LogP contribution in [0.3, 0.4) is 0 Å². The Morgan fingerprint density at radius 2 is 1.63 bits per heavy atom. The van der Waals surface area contributed by atoms with Gasteiger partial charge in [-0.05, 0) is 56.3 Å². The molecule has 3 rings (SSSR count). The second kappa shape index (κ2) is 9.30. The molecule has 1 aliphatic carbocycles. The Labute approximate surface area is 173 Å². The van der Waals surface area contributed by atoms with Gasteiger partial charge in [-0.15, -0.1) is 0 Å². The molecule has 0 saturated heterocycles. The van der Waals surface area contributed by atoms with Crippen molar-refractivity contribution in [1.29, 1.82) is 0 Å². The number of hydrogen-bond acceptors (Lipinski definition) is 3. The van der Waals surface area contributed by atoms with Gasteiger partial charge in [0.15, 0.2) is 0 Å². The minimum atomic E-state index is -4.49. The van der Waals surface area contributed by atoms with Crippen LogP contribution in [0.4, 0.5) is 24.5 Å². The van der Waals surface area contributed by atoms with E-state index in [1.165, 1.54) is 37.1 Å². The lowest BCUT2D eigenvalue weighted by Gasteiger charge is -2.23. The number of nitrogens with zero attached hydrogens (tertiary/aromatic N) is 1. The second-order valence-corrected chi connectivity index (χ2v) is 7.52. The molecule has 5 nitrogen and oxygen atoms in total. The number of rotatable bonds is 6. The highest BCUT2D eigenvalue weighted by atomic mass is 19.4. The molecule has 8 heteroatoms. The largest absolute Gasteiger partial charge is 0.416 e. The summed E-state index contributed by atoms with van der Waals surface area (Å²) in [6.45, 7) is 0.255. The highest BCUT2D eigenvalue weighted by molar-refractivity contribution is 6.05. The van der Waals surface area contributed by atoms with Crippen molar-refractivity contribution in [3.63, 3.8) is 0 Å². The van der Waals surface area contributed by atoms with Crippen LogP contribution in [0.5, 0.6) is 0 Å². The van der Waals surface area contributed by atoms with Crippen LogP contribution in [0.25, 0.3) is 0 Å². The van der Waals surface area contributed by atoms with Gasteiger partial charge >= 0.3 is 6.18 Å². The molecule has 0 aliphatic heterocycles. The maximum Gasteiger partial charge on any atom is 0.416 e. The Hall–Kier alpha value is -2.87. The number of benzene rings is 2. The third kappa shape index (κ3) is 5.82. The maximum atomic E-state index is 12.8. The molecular formula is C22H24F3N3O2. The van der Waals surface area contributed by atoms with Crippen LogP contribution in [0.2, 0.25) is 0 Å². The Morgan fingerprint density at radius 3 is 2.30 bits per heavy atom. The molecule has 0 bridgehead atoms.